The Morgan fingerprint density at radius 3 is 2.89 bits per heavy atom. The van der Waals surface area contributed by atoms with Crippen molar-refractivity contribution in [3.8, 4) is 0 Å². The molecule has 0 aromatic carbocycles. The third kappa shape index (κ3) is 3.09. The molecule has 100 valence electrons. The molecule has 4 nitrogen and oxygen atoms in total. The first kappa shape index (κ1) is 13.5. The minimum Gasteiger partial charge on any atom is -0.349 e. The van der Waals surface area contributed by atoms with E-state index in [4.69, 9.17) is 0 Å². The Bertz CT molecular complexity index is 424. The predicted molar refractivity (Wildman–Crippen MR) is 74.1 cm³/mol. The van der Waals surface area contributed by atoms with Gasteiger partial charge in [0.05, 0.1) is 10.7 Å². The van der Waals surface area contributed by atoms with Crippen molar-refractivity contribution in [2.24, 2.45) is 5.92 Å². The number of amides is 1. The lowest BCUT2D eigenvalue weighted by Crippen LogP contribution is -2.44. The predicted octanol–water partition coefficient (Wildman–Crippen LogP) is 1.88. The largest absolute Gasteiger partial charge is 0.349 e. The summed E-state index contributed by atoms with van der Waals surface area (Å²) in [4.78, 5) is 17.2. The molecule has 2 N–H and O–H groups in total. The first-order chi connectivity index (χ1) is 8.58. The SMILES string of the molecule is Cc1nc(C)c(C(=O)NC(C)C2CCCNC2)s1. The summed E-state index contributed by atoms with van der Waals surface area (Å²) in [5.41, 5.74) is 0.837. The second-order valence-electron chi connectivity index (χ2n) is 5.02. The zero-order chi connectivity index (χ0) is 13.1. The highest BCUT2D eigenvalue weighted by atomic mass is 32.1. The highest BCUT2D eigenvalue weighted by molar-refractivity contribution is 7.13. The van der Waals surface area contributed by atoms with E-state index in [1.54, 1.807) is 0 Å². The van der Waals surface area contributed by atoms with Gasteiger partial charge in [0.25, 0.3) is 5.91 Å². The fourth-order valence-corrected chi connectivity index (χ4v) is 3.26. The van der Waals surface area contributed by atoms with Crippen molar-refractivity contribution in [2.45, 2.75) is 39.7 Å². The number of hydrogen-bond acceptors (Lipinski definition) is 4. The van der Waals surface area contributed by atoms with Crippen LogP contribution in [0.15, 0.2) is 0 Å². The van der Waals surface area contributed by atoms with Crippen LogP contribution >= 0.6 is 11.3 Å². The van der Waals surface area contributed by atoms with Gasteiger partial charge in [-0.15, -0.1) is 11.3 Å². The maximum atomic E-state index is 12.2. The Hall–Kier alpha value is -0.940. The third-order valence-corrected chi connectivity index (χ3v) is 4.58. The van der Waals surface area contributed by atoms with Gasteiger partial charge in [0, 0.05) is 6.04 Å². The number of hydrogen-bond donors (Lipinski definition) is 2. The van der Waals surface area contributed by atoms with E-state index < -0.39 is 0 Å². The number of thiazole rings is 1. The van der Waals surface area contributed by atoms with Crippen LogP contribution < -0.4 is 10.6 Å². The van der Waals surface area contributed by atoms with Crippen LogP contribution in [0.3, 0.4) is 0 Å². The van der Waals surface area contributed by atoms with Gasteiger partial charge >= 0.3 is 0 Å². The summed E-state index contributed by atoms with van der Waals surface area (Å²) in [6, 6.07) is 0.215. The van der Waals surface area contributed by atoms with Crippen molar-refractivity contribution in [3.63, 3.8) is 0 Å². The van der Waals surface area contributed by atoms with Crippen molar-refractivity contribution >= 4 is 17.2 Å². The molecule has 18 heavy (non-hydrogen) atoms. The van der Waals surface area contributed by atoms with E-state index in [9.17, 15) is 4.79 Å². The normalized spacial score (nSPS) is 21.6. The molecule has 1 saturated heterocycles. The maximum absolute atomic E-state index is 12.2. The van der Waals surface area contributed by atoms with Gasteiger partial charge in [-0.05, 0) is 52.6 Å². The standard InChI is InChI=1S/C13H21N3OS/c1-8(11-5-4-6-14-7-11)16-13(17)12-9(2)15-10(3)18-12/h8,11,14H,4-7H2,1-3H3,(H,16,17). The van der Waals surface area contributed by atoms with Gasteiger partial charge in [-0.3, -0.25) is 4.79 Å². The van der Waals surface area contributed by atoms with Gasteiger partial charge < -0.3 is 10.6 Å². The molecule has 2 unspecified atom stereocenters. The van der Waals surface area contributed by atoms with Crippen LogP contribution in [0.25, 0.3) is 0 Å². The van der Waals surface area contributed by atoms with Gasteiger partial charge in [-0.1, -0.05) is 0 Å². The van der Waals surface area contributed by atoms with Crippen molar-refractivity contribution in [1.29, 1.82) is 0 Å². The Morgan fingerprint density at radius 2 is 2.33 bits per heavy atom. The van der Waals surface area contributed by atoms with Crippen LogP contribution in [0, 0.1) is 19.8 Å². The third-order valence-electron chi connectivity index (χ3n) is 3.51. The molecule has 1 aliphatic rings. The highest BCUT2D eigenvalue weighted by Crippen LogP contribution is 2.19. The first-order valence-electron chi connectivity index (χ1n) is 6.53. The van der Waals surface area contributed by atoms with Crippen molar-refractivity contribution in [1.82, 2.24) is 15.6 Å². The lowest BCUT2D eigenvalue weighted by Gasteiger charge is -2.28. The Kier molecular flexibility index (Phi) is 4.35. The topological polar surface area (TPSA) is 54.0 Å². The number of rotatable bonds is 3. The quantitative estimate of drug-likeness (QED) is 0.879. The summed E-state index contributed by atoms with van der Waals surface area (Å²) in [7, 11) is 0. The molecule has 0 aliphatic carbocycles. The van der Waals surface area contributed by atoms with Crippen LogP contribution in [0.1, 0.15) is 40.1 Å². The Labute approximate surface area is 112 Å². The number of carbonyl (C=O) groups excluding carboxylic acids is 1. The molecule has 5 heteroatoms. The van der Waals surface area contributed by atoms with Crippen molar-refractivity contribution in [3.05, 3.63) is 15.6 Å². The number of nitrogens with one attached hydrogen (secondary N) is 2. The lowest BCUT2D eigenvalue weighted by atomic mass is 9.93. The molecule has 0 saturated carbocycles. The minimum atomic E-state index is 0.0242. The molecule has 2 heterocycles. The monoisotopic (exact) mass is 267 g/mol. The summed E-state index contributed by atoms with van der Waals surface area (Å²) >= 11 is 1.47. The van der Waals surface area contributed by atoms with Crippen LogP contribution in [0.4, 0.5) is 0 Å². The van der Waals surface area contributed by atoms with E-state index in [0.29, 0.717) is 5.92 Å². The molecule has 0 spiro atoms. The average Bonchev–Trinajstić information content (AvgIpc) is 2.69. The molecule has 0 bridgehead atoms. The second kappa shape index (κ2) is 5.80. The zero-order valence-electron chi connectivity index (χ0n) is 11.2. The molecule has 2 atom stereocenters. The smallest absolute Gasteiger partial charge is 0.263 e. The van der Waals surface area contributed by atoms with Crippen molar-refractivity contribution < 1.29 is 4.79 Å². The van der Waals surface area contributed by atoms with E-state index >= 15 is 0 Å². The summed E-state index contributed by atoms with van der Waals surface area (Å²) in [6.45, 7) is 8.03. The van der Waals surface area contributed by atoms with E-state index in [2.05, 4.69) is 22.5 Å². The fourth-order valence-electron chi connectivity index (χ4n) is 2.44. The maximum Gasteiger partial charge on any atom is 0.263 e. The summed E-state index contributed by atoms with van der Waals surface area (Å²) < 4.78 is 0. The van der Waals surface area contributed by atoms with Crippen LogP contribution in [0.5, 0.6) is 0 Å². The number of aryl methyl sites for hydroxylation is 2. The summed E-state index contributed by atoms with van der Waals surface area (Å²) in [5, 5.41) is 7.44. The summed E-state index contributed by atoms with van der Waals surface area (Å²) in [5.74, 6) is 0.563. The Morgan fingerprint density at radius 1 is 1.56 bits per heavy atom. The van der Waals surface area contributed by atoms with Crippen LogP contribution in [0.2, 0.25) is 0 Å². The van der Waals surface area contributed by atoms with Crippen LogP contribution in [-0.2, 0) is 0 Å². The number of nitrogens with zero attached hydrogens (tertiary/aromatic N) is 1. The van der Waals surface area contributed by atoms with Crippen molar-refractivity contribution in [2.75, 3.05) is 13.1 Å². The molecule has 1 aromatic heterocycles. The van der Waals surface area contributed by atoms with Gasteiger partial charge in [0.2, 0.25) is 0 Å². The molecular weight excluding hydrogens is 246 g/mol. The zero-order valence-corrected chi connectivity index (χ0v) is 12.1. The lowest BCUT2D eigenvalue weighted by molar-refractivity contribution is 0.0925. The van der Waals surface area contributed by atoms with E-state index in [-0.39, 0.29) is 11.9 Å². The highest BCUT2D eigenvalue weighted by Gasteiger charge is 2.23. The molecule has 1 aliphatic heterocycles. The number of carbonyl (C=O) groups is 1. The molecule has 1 amide bonds. The number of aromatic nitrogens is 1. The second-order valence-corrected chi connectivity index (χ2v) is 6.22. The molecule has 1 aromatic rings. The van der Waals surface area contributed by atoms with Gasteiger partial charge in [0.15, 0.2) is 0 Å². The molecular formula is C13H21N3OS. The van der Waals surface area contributed by atoms with E-state index in [0.717, 1.165) is 28.7 Å². The van der Waals surface area contributed by atoms with E-state index in [1.165, 1.54) is 24.2 Å². The molecule has 2 rings (SSSR count). The molecule has 1 fully saturated rings. The Balaban J connectivity index is 1.96. The van der Waals surface area contributed by atoms with Gasteiger partial charge in [0.1, 0.15) is 4.88 Å². The van der Waals surface area contributed by atoms with Gasteiger partial charge in [-0.2, -0.15) is 0 Å². The minimum absolute atomic E-state index is 0.0242. The van der Waals surface area contributed by atoms with Gasteiger partial charge in [-0.25, -0.2) is 4.98 Å². The number of piperidine rings is 1. The average molecular weight is 267 g/mol. The summed E-state index contributed by atoms with van der Waals surface area (Å²) in [6.07, 6.45) is 2.39. The molecule has 0 radical (unpaired) electrons. The van der Waals surface area contributed by atoms with Crippen LogP contribution in [-0.4, -0.2) is 30.0 Å². The van der Waals surface area contributed by atoms with E-state index in [1.807, 2.05) is 13.8 Å². The fraction of sp³-hybridized carbons (Fsp3) is 0.692. The first-order valence-corrected chi connectivity index (χ1v) is 7.35.